The zero-order chi connectivity index (χ0) is 13.1. The quantitative estimate of drug-likeness (QED) is 0.859. The Balaban J connectivity index is 2.13. The summed E-state index contributed by atoms with van der Waals surface area (Å²) in [5.41, 5.74) is 1.22. The molecule has 0 saturated heterocycles. The number of carbonyl (C=O) groups is 1. The maximum absolute atomic E-state index is 10.6. The number of rotatable bonds is 4. The van der Waals surface area contributed by atoms with Crippen molar-refractivity contribution in [2.24, 2.45) is 0 Å². The van der Waals surface area contributed by atoms with Gasteiger partial charge >= 0.3 is 5.97 Å². The fourth-order valence-electron chi connectivity index (χ4n) is 2.09. The van der Waals surface area contributed by atoms with Gasteiger partial charge in [0.2, 0.25) is 0 Å². The summed E-state index contributed by atoms with van der Waals surface area (Å²) in [7, 11) is 2.06. The fourth-order valence-corrected chi connectivity index (χ4v) is 3.94. The molecule has 0 bridgehead atoms. The first-order valence-corrected chi connectivity index (χ1v) is 8.08. The van der Waals surface area contributed by atoms with Gasteiger partial charge in [-0.15, -0.1) is 23.5 Å². The van der Waals surface area contributed by atoms with Crippen molar-refractivity contribution in [1.82, 2.24) is 0 Å². The highest BCUT2D eigenvalue weighted by atomic mass is 32.2. The Morgan fingerprint density at radius 3 is 3.06 bits per heavy atom. The third kappa shape index (κ3) is 2.95. The molecule has 1 heterocycles. The zero-order valence-electron chi connectivity index (χ0n) is 10.5. The number of carboxylic acids is 1. The van der Waals surface area contributed by atoms with Crippen molar-refractivity contribution >= 4 is 35.2 Å². The Bertz CT molecular complexity index is 451. The van der Waals surface area contributed by atoms with Gasteiger partial charge in [0, 0.05) is 35.1 Å². The first kappa shape index (κ1) is 13.6. The number of benzene rings is 1. The van der Waals surface area contributed by atoms with Crippen LogP contribution in [0.3, 0.4) is 0 Å². The molecule has 18 heavy (non-hydrogen) atoms. The number of hydrogen-bond acceptors (Lipinski definition) is 4. The van der Waals surface area contributed by atoms with Gasteiger partial charge in [-0.2, -0.15) is 0 Å². The summed E-state index contributed by atoms with van der Waals surface area (Å²) in [6, 6.07) is 6.80. The molecule has 0 radical (unpaired) electrons. The van der Waals surface area contributed by atoms with Gasteiger partial charge in [0.05, 0.1) is 5.69 Å². The highest BCUT2D eigenvalue weighted by Gasteiger charge is 2.24. The fraction of sp³-hybridized carbons (Fsp3) is 0.462. The molecule has 0 saturated carbocycles. The van der Waals surface area contributed by atoms with Gasteiger partial charge in [0.25, 0.3) is 0 Å². The normalized spacial score (nSPS) is 18.6. The lowest BCUT2D eigenvalue weighted by molar-refractivity contribution is -0.137. The van der Waals surface area contributed by atoms with Crippen LogP contribution in [0.4, 0.5) is 5.69 Å². The summed E-state index contributed by atoms with van der Waals surface area (Å²) in [4.78, 5) is 15.4. The van der Waals surface area contributed by atoms with Crippen LogP contribution in [-0.4, -0.2) is 36.2 Å². The highest BCUT2D eigenvalue weighted by molar-refractivity contribution is 8.00. The standard InChI is InChI=1S/C13H17NO2S2/c1-14-9(3-6-13(15)16)8-18-12-7-10(17-2)4-5-11(12)14/h4-5,7,9H,3,6,8H2,1-2H3,(H,15,16). The smallest absolute Gasteiger partial charge is 0.303 e. The van der Waals surface area contributed by atoms with E-state index in [9.17, 15) is 4.79 Å². The van der Waals surface area contributed by atoms with Gasteiger partial charge in [-0.25, -0.2) is 0 Å². The lowest BCUT2D eigenvalue weighted by Crippen LogP contribution is -2.37. The molecule has 0 fully saturated rings. The van der Waals surface area contributed by atoms with E-state index in [4.69, 9.17) is 5.11 Å². The third-order valence-electron chi connectivity index (χ3n) is 3.22. The van der Waals surface area contributed by atoms with Crippen molar-refractivity contribution in [1.29, 1.82) is 0 Å². The molecule has 3 nitrogen and oxygen atoms in total. The summed E-state index contributed by atoms with van der Waals surface area (Å²) in [6.07, 6.45) is 3.03. The second-order valence-corrected chi connectivity index (χ2v) is 6.28. The lowest BCUT2D eigenvalue weighted by Gasteiger charge is -2.35. The number of carboxylic acid groups (broad SMARTS) is 1. The minimum Gasteiger partial charge on any atom is -0.481 e. The molecule has 1 N–H and O–H groups in total. The zero-order valence-corrected chi connectivity index (χ0v) is 12.2. The Morgan fingerprint density at radius 1 is 1.61 bits per heavy atom. The van der Waals surface area contributed by atoms with Crippen molar-refractivity contribution in [3.8, 4) is 0 Å². The number of hydrogen-bond donors (Lipinski definition) is 1. The van der Waals surface area contributed by atoms with Crippen LogP contribution in [0, 0.1) is 0 Å². The molecule has 0 aromatic heterocycles. The summed E-state index contributed by atoms with van der Waals surface area (Å²) in [5.74, 6) is 0.256. The van der Waals surface area contributed by atoms with Crippen molar-refractivity contribution in [3.63, 3.8) is 0 Å². The predicted octanol–water partition coefficient (Wildman–Crippen LogP) is 3.18. The van der Waals surface area contributed by atoms with Crippen LogP contribution in [0.1, 0.15) is 12.8 Å². The van der Waals surface area contributed by atoms with Crippen LogP contribution in [0.5, 0.6) is 0 Å². The van der Waals surface area contributed by atoms with Crippen molar-refractivity contribution in [3.05, 3.63) is 18.2 Å². The first-order valence-electron chi connectivity index (χ1n) is 5.87. The van der Waals surface area contributed by atoms with E-state index in [1.165, 1.54) is 15.5 Å². The Kier molecular flexibility index (Phi) is 4.45. The molecule has 5 heteroatoms. The van der Waals surface area contributed by atoms with Crippen LogP contribution in [0.25, 0.3) is 0 Å². The van der Waals surface area contributed by atoms with Crippen LogP contribution in [-0.2, 0) is 4.79 Å². The van der Waals surface area contributed by atoms with Gasteiger partial charge in [0.15, 0.2) is 0 Å². The van der Waals surface area contributed by atoms with E-state index in [0.29, 0.717) is 12.5 Å². The summed E-state index contributed by atoms with van der Waals surface area (Å²) >= 11 is 3.58. The van der Waals surface area contributed by atoms with Crippen molar-refractivity contribution in [2.75, 3.05) is 24.0 Å². The van der Waals surface area contributed by atoms with Crippen LogP contribution >= 0.6 is 23.5 Å². The first-order chi connectivity index (χ1) is 8.61. The van der Waals surface area contributed by atoms with Crippen LogP contribution in [0.15, 0.2) is 28.0 Å². The van der Waals surface area contributed by atoms with Crippen molar-refractivity contribution < 1.29 is 9.90 Å². The topological polar surface area (TPSA) is 40.5 Å². The van der Waals surface area contributed by atoms with Gasteiger partial charge in [0.1, 0.15) is 0 Å². The van der Waals surface area contributed by atoms with Gasteiger partial charge in [-0.1, -0.05) is 0 Å². The third-order valence-corrected chi connectivity index (χ3v) is 5.13. The molecule has 0 aliphatic carbocycles. The van der Waals surface area contributed by atoms with E-state index in [0.717, 1.165) is 5.75 Å². The number of fused-ring (bicyclic) bond motifs is 1. The van der Waals surface area contributed by atoms with Gasteiger partial charge < -0.3 is 10.0 Å². The number of aliphatic carboxylic acids is 1. The van der Waals surface area contributed by atoms with Gasteiger partial charge in [-0.3, -0.25) is 4.79 Å². The largest absolute Gasteiger partial charge is 0.481 e. The average Bonchev–Trinajstić information content (AvgIpc) is 2.37. The number of thioether (sulfide) groups is 2. The lowest BCUT2D eigenvalue weighted by atomic mass is 10.1. The summed E-state index contributed by atoms with van der Waals surface area (Å²) in [6.45, 7) is 0. The molecule has 1 aliphatic rings. The predicted molar refractivity (Wildman–Crippen MR) is 78.0 cm³/mol. The molecule has 1 unspecified atom stereocenters. The minimum absolute atomic E-state index is 0.244. The molecule has 98 valence electrons. The van der Waals surface area contributed by atoms with Crippen LogP contribution < -0.4 is 4.90 Å². The van der Waals surface area contributed by atoms with E-state index >= 15 is 0 Å². The molecule has 0 amide bonds. The molecule has 2 rings (SSSR count). The van der Waals surface area contributed by atoms with Crippen molar-refractivity contribution in [2.45, 2.75) is 28.7 Å². The molecular formula is C13H17NO2S2. The Labute approximate surface area is 116 Å². The van der Waals surface area contributed by atoms with E-state index in [-0.39, 0.29) is 6.42 Å². The average molecular weight is 283 g/mol. The van der Waals surface area contributed by atoms with E-state index < -0.39 is 5.97 Å². The summed E-state index contributed by atoms with van der Waals surface area (Å²) < 4.78 is 0. The second kappa shape index (κ2) is 5.89. The van der Waals surface area contributed by atoms with E-state index in [1.807, 2.05) is 11.8 Å². The molecule has 1 aromatic rings. The Hall–Kier alpha value is -0.810. The maximum Gasteiger partial charge on any atom is 0.303 e. The maximum atomic E-state index is 10.6. The Morgan fingerprint density at radius 2 is 2.39 bits per heavy atom. The monoisotopic (exact) mass is 283 g/mol. The minimum atomic E-state index is -0.711. The number of anilines is 1. The summed E-state index contributed by atoms with van der Waals surface area (Å²) in [5, 5.41) is 8.77. The highest BCUT2D eigenvalue weighted by Crippen LogP contribution is 2.39. The number of nitrogens with zero attached hydrogens (tertiary/aromatic N) is 1. The molecular weight excluding hydrogens is 266 g/mol. The molecule has 1 atom stereocenters. The SMILES string of the molecule is CSc1ccc2c(c1)SCC(CCC(=O)O)N2C. The molecule has 1 aliphatic heterocycles. The van der Waals surface area contributed by atoms with E-state index in [2.05, 4.69) is 36.4 Å². The van der Waals surface area contributed by atoms with Crippen LogP contribution in [0.2, 0.25) is 0 Å². The van der Waals surface area contributed by atoms with Gasteiger partial charge in [-0.05, 0) is 30.9 Å². The van der Waals surface area contributed by atoms with E-state index in [1.54, 1.807) is 11.8 Å². The second-order valence-electron chi connectivity index (χ2n) is 4.34. The molecule has 1 aromatic carbocycles. The molecule has 0 spiro atoms.